The molecule has 1 fully saturated rings. The van der Waals surface area contributed by atoms with Crippen molar-refractivity contribution in [2.75, 3.05) is 26.2 Å². The molecule has 1 aliphatic heterocycles. The van der Waals surface area contributed by atoms with Gasteiger partial charge < -0.3 is 9.32 Å². The number of hydrogen-bond donors (Lipinski definition) is 0. The molecule has 0 N–H and O–H groups in total. The highest BCUT2D eigenvalue weighted by atomic mass is 16.4. The van der Waals surface area contributed by atoms with Crippen molar-refractivity contribution in [2.24, 2.45) is 0 Å². The summed E-state index contributed by atoms with van der Waals surface area (Å²) in [4.78, 5) is 15.4. The zero-order chi connectivity index (χ0) is 15.5. The molecule has 0 atom stereocenters. The van der Waals surface area contributed by atoms with Crippen LogP contribution >= 0.6 is 0 Å². The van der Waals surface area contributed by atoms with Crippen LogP contribution in [0.4, 0.5) is 0 Å². The van der Waals surface area contributed by atoms with E-state index in [4.69, 9.17) is 4.42 Å². The summed E-state index contributed by atoms with van der Waals surface area (Å²) in [6.45, 7) is 7.46. The van der Waals surface area contributed by atoms with E-state index < -0.39 is 0 Å². The van der Waals surface area contributed by atoms with E-state index in [9.17, 15) is 4.79 Å². The Labute approximate surface area is 129 Å². The van der Waals surface area contributed by atoms with Gasteiger partial charge in [0.15, 0.2) is 0 Å². The lowest BCUT2D eigenvalue weighted by Gasteiger charge is -2.33. The van der Waals surface area contributed by atoms with E-state index in [2.05, 4.69) is 15.1 Å². The van der Waals surface area contributed by atoms with Gasteiger partial charge in [-0.2, -0.15) is 0 Å². The Morgan fingerprint density at radius 3 is 2.59 bits per heavy atom. The number of carbonyl (C=O) groups is 1. The lowest BCUT2D eigenvalue weighted by atomic mass is 10.1. The van der Waals surface area contributed by atoms with Crippen LogP contribution in [0, 0.1) is 6.92 Å². The van der Waals surface area contributed by atoms with E-state index in [0.717, 1.165) is 37.3 Å². The van der Waals surface area contributed by atoms with E-state index in [-0.39, 0.29) is 5.91 Å². The van der Waals surface area contributed by atoms with Crippen LogP contribution in [-0.2, 0) is 11.3 Å². The van der Waals surface area contributed by atoms with Gasteiger partial charge in [0.25, 0.3) is 0 Å². The minimum atomic E-state index is 0.138. The zero-order valence-corrected chi connectivity index (χ0v) is 13.0. The highest BCUT2D eigenvalue weighted by Gasteiger charge is 2.20. The Balaban J connectivity index is 1.63. The number of rotatable bonds is 3. The molecule has 1 saturated heterocycles. The van der Waals surface area contributed by atoms with Gasteiger partial charge in [-0.3, -0.25) is 9.69 Å². The molecule has 116 valence electrons. The van der Waals surface area contributed by atoms with Crippen molar-refractivity contribution >= 4 is 5.91 Å². The van der Waals surface area contributed by atoms with Crippen LogP contribution in [0.25, 0.3) is 11.5 Å². The number of piperazine rings is 1. The summed E-state index contributed by atoms with van der Waals surface area (Å²) in [5.41, 5.74) is 2.09. The average Bonchev–Trinajstić information content (AvgIpc) is 2.96. The summed E-state index contributed by atoms with van der Waals surface area (Å²) in [7, 11) is 0. The van der Waals surface area contributed by atoms with Gasteiger partial charge in [0.2, 0.25) is 17.7 Å². The van der Waals surface area contributed by atoms with Crippen molar-refractivity contribution in [3.05, 3.63) is 35.7 Å². The minimum Gasteiger partial charge on any atom is -0.419 e. The number of nitrogens with zero attached hydrogens (tertiary/aromatic N) is 4. The third-order valence-corrected chi connectivity index (χ3v) is 4.02. The van der Waals surface area contributed by atoms with E-state index >= 15 is 0 Å². The molecule has 1 aliphatic rings. The third kappa shape index (κ3) is 3.17. The van der Waals surface area contributed by atoms with Crippen LogP contribution in [0.5, 0.6) is 0 Å². The van der Waals surface area contributed by atoms with Gasteiger partial charge in [-0.15, -0.1) is 10.2 Å². The largest absolute Gasteiger partial charge is 0.419 e. The molecule has 1 aromatic carbocycles. The van der Waals surface area contributed by atoms with Crippen molar-refractivity contribution in [1.29, 1.82) is 0 Å². The molecule has 3 rings (SSSR count). The number of amides is 1. The maximum Gasteiger partial charge on any atom is 0.248 e. The second-order valence-electron chi connectivity index (χ2n) is 5.60. The first-order valence-corrected chi connectivity index (χ1v) is 7.50. The van der Waals surface area contributed by atoms with E-state index in [1.807, 2.05) is 36.1 Å². The first-order valence-electron chi connectivity index (χ1n) is 7.50. The molecule has 0 saturated carbocycles. The first-order chi connectivity index (χ1) is 10.6. The van der Waals surface area contributed by atoms with Crippen molar-refractivity contribution in [3.8, 4) is 11.5 Å². The van der Waals surface area contributed by atoms with E-state index in [0.29, 0.717) is 18.3 Å². The van der Waals surface area contributed by atoms with Gasteiger partial charge >= 0.3 is 0 Å². The van der Waals surface area contributed by atoms with Crippen molar-refractivity contribution in [1.82, 2.24) is 20.0 Å². The molecule has 0 aliphatic carbocycles. The van der Waals surface area contributed by atoms with Gasteiger partial charge in [-0.05, 0) is 18.6 Å². The predicted octanol–water partition coefficient (Wildman–Crippen LogP) is 1.71. The predicted molar refractivity (Wildman–Crippen MR) is 82.0 cm³/mol. The standard InChI is InChI=1S/C16H20N4O2/c1-12-5-3-4-6-14(12)16-18-17-15(22-16)11-19-7-9-20(10-8-19)13(2)21/h3-6H,7-11H2,1-2H3. The number of hydrogen-bond acceptors (Lipinski definition) is 5. The molecule has 2 aromatic rings. The topological polar surface area (TPSA) is 62.5 Å². The van der Waals surface area contributed by atoms with Crippen LogP contribution in [0.3, 0.4) is 0 Å². The third-order valence-electron chi connectivity index (χ3n) is 4.02. The SMILES string of the molecule is CC(=O)N1CCN(Cc2nnc(-c3ccccc3C)o2)CC1. The fraction of sp³-hybridized carbons (Fsp3) is 0.438. The Morgan fingerprint density at radius 2 is 1.91 bits per heavy atom. The fourth-order valence-electron chi connectivity index (χ4n) is 2.65. The number of aromatic nitrogens is 2. The molecule has 0 spiro atoms. The molecule has 1 aromatic heterocycles. The van der Waals surface area contributed by atoms with Crippen molar-refractivity contribution in [2.45, 2.75) is 20.4 Å². The summed E-state index contributed by atoms with van der Waals surface area (Å²) in [6, 6.07) is 7.97. The molecule has 22 heavy (non-hydrogen) atoms. The zero-order valence-electron chi connectivity index (χ0n) is 13.0. The highest BCUT2D eigenvalue weighted by molar-refractivity contribution is 5.73. The van der Waals surface area contributed by atoms with Crippen LogP contribution in [-0.4, -0.2) is 52.1 Å². The average molecular weight is 300 g/mol. The van der Waals surface area contributed by atoms with Crippen LogP contribution in [0.15, 0.2) is 28.7 Å². The molecular weight excluding hydrogens is 280 g/mol. The lowest BCUT2D eigenvalue weighted by molar-refractivity contribution is -0.130. The van der Waals surface area contributed by atoms with E-state index in [1.165, 1.54) is 0 Å². The second kappa shape index (κ2) is 6.27. The van der Waals surface area contributed by atoms with Crippen LogP contribution in [0.1, 0.15) is 18.4 Å². The monoisotopic (exact) mass is 300 g/mol. The fourth-order valence-corrected chi connectivity index (χ4v) is 2.65. The van der Waals surface area contributed by atoms with Gasteiger partial charge in [0, 0.05) is 38.7 Å². The first kappa shape index (κ1) is 14.7. The Bertz CT molecular complexity index is 660. The van der Waals surface area contributed by atoms with E-state index in [1.54, 1.807) is 6.92 Å². The molecule has 6 heteroatoms. The Morgan fingerprint density at radius 1 is 1.18 bits per heavy atom. The smallest absolute Gasteiger partial charge is 0.248 e. The van der Waals surface area contributed by atoms with Crippen molar-refractivity contribution < 1.29 is 9.21 Å². The number of benzene rings is 1. The Hall–Kier alpha value is -2.21. The molecule has 6 nitrogen and oxygen atoms in total. The lowest BCUT2D eigenvalue weighted by Crippen LogP contribution is -2.47. The molecule has 1 amide bonds. The molecular formula is C16H20N4O2. The maximum absolute atomic E-state index is 11.3. The van der Waals surface area contributed by atoms with Gasteiger partial charge in [-0.25, -0.2) is 0 Å². The van der Waals surface area contributed by atoms with Gasteiger partial charge in [-0.1, -0.05) is 18.2 Å². The Kier molecular flexibility index (Phi) is 4.20. The molecule has 0 unspecified atom stereocenters. The molecule has 2 heterocycles. The summed E-state index contributed by atoms with van der Waals surface area (Å²) in [5, 5.41) is 8.29. The number of carbonyl (C=O) groups excluding carboxylic acids is 1. The molecule has 0 radical (unpaired) electrons. The molecule has 0 bridgehead atoms. The van der Waals surface area contributed by atoms with Gasteiger partial charge in [0.1, 0.15) is 0 Å². The summed E-state index contributed by atoms with van der Waals surface area (Å²) < 4.78 is 5.78. The summed E-state index contributed by atoms with van der Waals surface area (Å²) in [5.74, 6) is 1.32. The normalized spacial score (nSPS) is 16.0. The number of aryl methyl sites for hydroxylation is 1. The highest BCUT2D eigenvalue weighted by Crippen LogP contribution is 2.22. The quantitative estimate of drug-likeness (QED) is 0.863. The summed E-state index contributed by atoms with van der Waals surface area (Å²) >= 11 is 0. The van der Waals surface area contributed by atoms with Gasteiger partial charge in [0.05, 0.1) is 6.54 Å². The van der Waals surface area contributed by atoms with Crippen molar-refractivity contribution in [3.63, 3.8) is 0 Å². The van der Waals surface area contributed by atoms with Crippen LogP contribution in [0.2, 0.25) is 0 Å². The minimum absolute atomic E-state index is 0.138. The van der Waals surface area contributed by atoms with Crippen LogP contribution < -0.4 is 0 Å². The maximum atomic E-state index is 11.3. The second-order valence-corrected chi connectivity index (χ2v) is 5.60. The summed E-state index contributed by atoms with van der Waals surface area (Å²) in [6.07, 6.45) is 0.